The minimum Gasteiger partial charge on any atom is -0.497 e. The Morgan fingerprint density at radius 1 is 1.03 bits per heavy atom. The van der Waals surface area contributed by atoms with Crippen molar-refractivity contribution in [3.05, 3.63) is 101 Å². The van der Waals surface area contributed by atoms with Crippen LogP contribution < -0.4 is 4.74 Å². The number of esters is 2. The fourth-order valence-corrected chi connectivity index (χ4v) is 5.08. The van der Waals surface area contributed by atoms with Crippen LogP contribution in [0.15, 0.2) is 72.8 Å². The van der Waals surface area contributed by atoms with E-state index in [1.54, 1.807) is 19.2 Å². The van der Waals surface area contributed by atoms with E-state index in [1.807, 2.05) is 54.6 Å². The Morgan fingerprint density at radius 2 is 1.76 bits per heavy atom. The normalized spacial score (nSPS) is 21.6. The fraction of sp³-hybridized carbons (Fsp3) is 0.259. The van der Waals surface area contributed by atoms with Crippen molar-refractivity contribution in [2.75, 3.05) is 20.8 Å². The van der Waals surface area contributed by atoms with Gasteiger partial charge in [-0.1, -0.05) is 54.6 Å². The second-order valence-electron chi connectivity index (χ2n) is 8.32. The summed E-state index contributed by atoms with van der Waals surface area (Å²) >= 11 is 0. The molecular weight excluding hydrogens is 418 g/mol. The number of nitrogens with zero attached hydrogens (tertiary/aromatic N) is 1. The molecule has 2 atom stereocenters. The van der Waals surface area contributed by atoms with Crippen LogP contribution >= 0.6 is 0 Å². The Bertz CT molecular complexity index is 1210. The summed E-state index contributed by atoms with van der Waals surface area (Å²) in [5.41, 5.74) is 3.10. The highest BCUT2D eigenvalue weighted by molar-refractivity contribution is 5.92. The number of cyclic esters (lactones) is 1. The molecule has 0 bridgehead atoms. The second-order valence-corrected chi connectivity index (χ2v) is 8.32. The van der Waals surface area contributed by atoms with Crippen LogP contribution in [-0.2, 0) is 32.6 Å². The zero-order valence-electron chi connectivity index (χ0n) is 18.6. The quantitative estimate of drug-likeness (QED) is 0.555. The van der Waals surface area contributed by atoms with Gasteiger partial charge in [-0.05, 0) is 41.3 Å². The van der Waals surface area contributed by atoms with Crippen LogP contribution in [0.3, 0.4) is 0 Å². The molecule has 2 aliphatic heterocycles. The van der Waals surface area contributed by atoms with E-state index in [1.165, 1.54) is 7.11 Å². The summed E-state index contributed by atoms with van der Waals surface area (Å²) in [4.78, 5) is 28.4. The molecule has 33 heavy (non-hydrogen) atoms. The SMILES string of the molecule is COC(=O)c1ccccc1CC12C(=O)OC(c3ccc(OC)cc3)N1CCc1ccccc12. The predicted molar refractivity (Wildman–Crippen MR) is 122 cm³/mol. The molecule has 0 saturated carbocycles. The molecule has 168 valence electrons. The van der Waals surface area contributed by atoms with Crippen molar-refractivity contribution in [1.82, 2.24) is 4.90 Å². The van der Waals surface area contributed by atoms with E-state index in [0.717, 1.165) is 34.4 Å². The summed E-state index contributed by atoms with van der Waals surface area (Å²) in [6.07, 6.45) is 0.586. The maximum absolute atomic E-state index is 13.8. The molecule has 1 fully saturated rings. The first-order valence-corrected chi connectivity index (χ1v) is 10.9. The lowest BCUT2D eigenvalue weighted by Crippen LogP contribution is -2.52. The van der Waals surface area contributed by atoms with E-state index in [-0.39, 0.29) is 5.97 Å². The summed E-state index contributed by atoms with van der Waals surface area (Å²) in [5.74, 6) is 0.0104. The highest BCUT2D eigenvalue weighted by Crippen LogP contribution is 2.50. The van der Waals surface area contributed by atoms with Gasteiger partial charge in [0.05, 0.1) is 19.8 Å². The number of carbonyl (C=O) groups excluding carboxylic acids is 2. The van der Waals surface area contributed by atoms with Gasteiger partial charge >= 0.3 is 11.9 Å². The van der Waals surface area contributed by atoms with Gasteiger partial charge in [0.25, 0.3) is 0 Å². The number of ether oxygens (including phenoxy) is 3. The molecule has 3 aromatic rings. The molecule has 1 saturated heterocycles. The first-order valence-electron chi connectivity index (χ1n) is 10.9. The van der Waals surface area contributed by atoms with Crippen LogP contribution in [0, 0.1) is 0 Å². The number of methoxy groups -OCH3 is 2. The molecule has 0 N–H and O–H groups in total. The molecule has 0 radical (unpaired) electrons. The van der Waals surface area contributed by atoms with Gasteiger partial charge in [0.15, 0.2) is 11.8 Å². The third kappa shape index (κ3) is 3.38. The van der Waals surface area contributed by atoms with Crippen LogP contribution in [0.2, 0.25) is 0 Å². The van der Waals surface area contributed by atoms with E-state index < -0.39 is 17.7 Å². The summed E-state index contributed by atoms with van der Waals surface area (Å²) in [6.45, 7) is 0.653. The standard InChI is InChI=1S/C27H25NO5/c1-31-21-13-11-19(12-14-21)24-28-16-15-18-7-4-6-10-23(18)27(28,26(30)33-24)17-20-8-3-5-9-22(20)25(29)32-2/h3-14,24H,15-17H2,1-2H3. The van der Waals surface area contributed by atoms with Crippen molar-refractivity contribution in [2.45, 2.75) is 24.6 Å². The molecule has 2 heterocycles. The predicted octanol–water partition coefficient (Wildman–Crippen LogP) is 4.03. The van der Waals surface area contributed by atoms with E-state index in [2.05, 4.69) is 11.0 Å². The Hall–Kier alpha value is -3.64. The number of benzene rings is 3. The summed E-state index contributed by atoms with van der Waals surface area (Å²) in [6, 6.07) is 22.9. The molecule has 0 aliphatic carbocycles. The first kappa shape index (κ1) is 21.2. The summed E-state index contributed by atoms with van der Waals surface area (Å²) < 4.78 is 16.3. The Labute approximate surface area is 192 Å². The van der Waals surface area contributed by atoms with E-state index in [4.69, 9.17) is 14.2 Å². The fourth-order valence-electron chi connectivity index (χ4n) is 5.08. The van der Waals surface area contributed by atoms with Gasteiger partial charge in [-0.3, -0.25) is 0 Å². The third-order valence-corrected chi connectivity index (χ3v) is 6.68. The summed E-state index contributed by atoms with van der Waals surface area (Å²) in [7, 11) is 2.99. The molecule has 6 nitrogen and oxygen atoms in total. The minimum absolute atomic E-state index is 0.306. The van der Waals surface area contributed by atoms with Crippen LogP contribution in [0.25, 0.3) is 0 Å². The maximum Gasteiger partial charge on any atom is 0.338 e. The van der Waals surface area contributed by atoms with Gasteiger partial charge < -0.3 is 14.2 Å². The minimum atomic E-state index is -1.04. The van der Waals surface area contributed by atoms with Gasteiger partial charge in [-0.15, -0.1) is 0 Å². The molecule has 3 aromatic carbocycles. The molecule has 5 rings (SSSR count). The number of rotatable bonds is 5. The average Bonchev–Trinajstić information content (AvgIpc) is 3.16. The maximum atomic E-state index is 13.8. The topological polar surface area (TPSA) is 65.1 Å². The summed E-state index contributed by atoms with van der Waals surface area (Å²) in [5, 5.41) is 0. The molecular formula is C27H25NO5. The van der Waals surface area contributed by atoms with Crippen LogP contribution in [-0.4, -0.2) is 37.6 Å². The molecule has 2 aliphatic rings. The van der Waals surface area contributed by atoms with E-state index in [0.29, 0.717) is 18.5 Å². The van der Waals surface area contributed by atoms with Crippen molar-refractivity contribution >= 4 is 11.9 Å². The first-order chi connectivity index (χ1) is 16.1. The molecule has 2 unspecified atom stereocenters. The largest absolute Gasteiger partial charge is 0.497 e. The Morgan fingerprint density at radius 3 is 2.52 bits per heavy atom. The Balaban J connectivity index is 1.64. The van der Waals surface area contributed by atoms with Crippen molar-refractivity contribution in [3.8, 4) is 5.75 Å². The van der Waals surface area contributed by atoms with E-state index in [9.17, 15) is 9.59 Å². The van der Waals surface area contributed by atoms with Gasteiger partial charge in [0, 0.05) is 18.5 Å². The van der Waals surface area contributed by atoms with Crippen molar-refractivity contribution in [3.63, 3.8) is 0 Å². The van der Waals surface area contributed by atoms with Crippen LogP contribution in [0.5, 0.6) is 5.75 Å². The smallest absolute Gasteiger partial charge is 0.338 e. The van der Waals surface area contributed by atoms with Crippen LogP contribution in [0.4, 0.5) is 0 Å². The van der Waals surface area contributed by atoms with Crippen molar-refractivity contribution in [1.29, 1.82) is 0 Å². The highest BCUT2D eigenvalue weighted by atomic mass is 16.6. The number of hydrogen-bond donors (Lipinski definition) is 0. The third-order valence-electron chi connectivity index (χ3n) is 6.68. The molecule has 0 amide bonds. The van der Waals surface area contributed by atoms with Gasteiger partial charge in [0.1, 0.15) is 5.75 Å². The molecule has 0 spiro atoms. The lowest BCUT2D eigenvalue weighted by molar-refractivity contribution is -0.146. The van der Waals surface area contributed by atoms with Crippen molar-refractivity contribution < 1.29 is 23.8 Å². The van der Waals surface area contributed by atoms with Crippen molar-refractivity contribution in [2.24, 2.45) is 0 Å². The zero-order valence-corrected chi connectivity index (χ0v) is 18.6. The van der Waals surface area contributed by atoms with Gasteiger partial charge in [0.2, 0.25) is 0 Å². The number of carbonyl (C=O) groups is 2. The monoisotopic (exact) mass is 443 g/mol. The second kappa shape index (κ2) is 8.37. The number of hydrogen-bond acceptors (Lipinski definition) is 6. The van der Waals surface area contributed by atoms with Crippen LogP contribution in [0.1, 0.15) is 38.8 Å². The molecule has 6 heteroatoms. The molecule has 0 aromatic heterocycles. The lowest BCUT2D eigenvalue weighted by Gasteiger charge is -2.41. The lowest BCUT2D eigenvalue weighted by atomic mass is 9.76. The highest BCUT2D eigenvalue weighted by Gasteiger charge is 2.59. The van der Waals surface area contributed by atoms with Gasteiger partial charge in [-0.25, -0.2) is 14.5 Å². The van der Waals surface area contributed by atoms with Gasteiger partial charge in [-0.2, -0.15) is 0 Å². The Kier molecular flexibility index (Phi) is 5.38. The van der Waals surface area contributed by atoms with E-state index >= 15 is 0 Å². The number of fused-ring (bicyclic) bond motifs is 3. The zero-order chi connectivity index (χ0) is 23.0. The average molecular weight is 443 g/mol.